The first kappa shape index (κ1) is 17.5. The van der Waals surface area contributed by atoms with Crippen LogP contribution in [0.4, 0.5) is 5.69 Å². The molecule has 28 heavy (non-hydrogen) atoms. The van der Waals surface area contributed by atoms with E-state index in [1.54, 1.807) is 54.7 Å². The zero-order chi connectivity index (χ0) is 19.5. The number of carbonyl (C=O) groups is 1. The molecule has 0 radical (unpaired) electrons. The van der Waals surface area contributed by atoms with E-state index < -0.39 is 0 Å². The number of oxazole rings is 1. The minimum absolute atomic E-state index is 0.0397. The van der Waals surface area contributed by atoms with Gasteiger partial charge in [-0.1, -0.05) is 12.1 Å². The van der Waals surface area contributed by atoms with E-state index >= 15 is 0 Å². The Morgan fingerprint density at radius 1 is 1.07 bits per heavy atom. The smallest absolute Gasteiger partial charge is 0.273 e. The summed E-state index contributed by atoms with van der Waals surface area (Å²) in [6.45, 7) is 0.0703. The molecule has 1 amide bonds. The van der Waals surface area contributed by atoms with Crippen molar-refractivity contribution in [2.75, 3.05) is 5.32 Å². The number of benzene rings is 2. The normalized spacial score (nSPS) is 10.9. The van der Waals surface area contributed by atoms with Crippen LogP contribution in [0.25, 0.3) is 22.1 Å². The number of carbonyl (C=O) groups excluding carboxylic acids is 1. The Bertz CT molecular complexity index is 1240. The molecule has 2 aromatic carbocycles. The molecule has 0 aliphatic heterocycles. The first-order chi connectivity index (χ1) is 13.6. The van der Waals surface area contributed by atoms with Crippen LogP contribution in [0.15, 0.2) is 75.1 Å². The topological polar surface area (TPSA) is 110 Å². The number of H-pyrrole nitrogens is 1. The first-order valence-corrected chi connectivity index (χ1v) is 8.62. The van der Waals surface area contributed by atoms with Crippen molar-refractivity contribution in [1.29, 1.82) is 0 Å². The fourth-order valence-electron chi connectivity index (χ4n) is 2.92. The SMILES string of the molecule is O=C(CCn1[nH]c(=O)c2ccccc2c1=O)Nc1ccc(-c2cnco2)cc1. The van der Waals surface area contributed by atoms with Crippen LogP contribution in [-0.4, -0.2) is 20.7 Å². The number of aryl methyl sites for hydroxylation is 1. The molecule has 0 fully saturated rings. The molecule has 8 nitrogen and oxygen atoms in total. The molecular weight excluding hydrogens is 360 g/mol. The number of hydrogen-bond donors (Lipinski definition) is 2. The predicted octanol–water partition coefficient (Wildman–Crippen LogP) is 2.37. The van der Waals surface area contributed by atoms with Crippen LogP contribution in [0.1, 0.15) is 6.42 Å². The van der Waals surface area contributed by atoms with Gasteiger partial charge in [0.1, 0.15) is 0 Å². The highest BCUT2D eigenvalue weighted by atomic mass is 16.3. The van der Waals surface area contributed by atoms with Gasteiger partial charge in [-0.3, -0.25) is 19.5 Å². The second kappa shape index (κ2) is 7.36. The molecular formula is C20H16N4O4. The van der Waals surface area contributed by atoms with Gasteiger partial charge in [0.25, 0.3) is 11.1 Å². The molecule has 140 valence electrons. The Kier molecular flexibility index (Phi) is 4.59. The second-order valence-electron chi connectivity index (χ2n) is 6.18. The number of rotatable bonds is 5. The zero-order valence-corrected chi connectivity index (χ0v) is 14.7. The van der Waals surface area contributed by atoms with Gasteiger partial charge < -0.3 is 9.73 Å². The van der Waals surface area contributed by atoms with Gasteiger partial charge >= 0.3 is 0 Å². The summed E-state index contributed by atoms with van der Waals surface area (Å²) in [5.41, 5.74) is 0.765. The van der Waals surface area contributed by atoms with Crippen molar-refractivity contribution in [2.24, 2.45) is 0 Å². The van der Waals surface area contributed by atoms with Crippen LogP contribution in [0.5, 0.6) is 0 Å². The molecule has 4 aromatic rings. The van der Waals surface area contributed by atoms with Gasteiger partial charge in [0, 0.05) is 17.7 Å². The molecule has 2 aromatic heterocycles. The molecule has 0 saturated heterocycles. The standard InChI is InChI=1S/C20H16N4O4/c25-18(22-14-7-5-13(6-8-14)17-11-21-12-28-17)9-10-24-20(27)16-4-2-1-3-15(16)19(26)23-24/h1-8,11-12H,9-10H2,(H,22,25)(H,23,26). The number of aromatic amines is 1. The molecule has 0 unspecified atom stereocenters. The Morgan fingerprint density at radius 2 is 1.82 bits per heavy atom. The highest BCUT2D eigenvalue weighted by molar-refractivity contribution is 5.90. The number of hydrogen-bond acceptors (Lipinski definition) is 5. The fraction of sp³-hybridized carbons (Fsp3) is 0.100. The Morgan fingerprint density at radius 3 is 2.54 bits per heavy atom. The van der Waals surface area contributed by atoms with Crippen molar-refractivity contribution in [3.63, 3.8) is 0 Å². The van der Waals surface area contributed by atoms with E-state index in [1.165, 1.54) is 6.39 Å². The third kappa shape index (κ3) is 3.48. The second-order valence-corrected chi connectivity index (χ2v) is 6.18. The van der Waals surface area contributed by atoms with E-state index in [4.69, 9.17) is 4.42 Å². The minimum atomic E-state index is -0.362. The van der Waals surface area contributed by atoms with E-state index in [0.29, 0.717) is 22.2 Å². The number of fused-ring (bicyclic) bond motifs is 1. The van der Waals surface area contributed by atoms with Crippen LogP contribution >= 0.6 is 0 Å². The minimum Gasteiger partial charge on any atom is -0.444 e. The molecule has 0 atom stereocenters. The predicted molar refractivity (Wildman–Crippen MR) is 104 cm³/mol. The summed E-state index contributed by atoms with van der Waals surface area (Å²) in [5, 5.41) is 5.94. The summed E-state index contributed by atoms with van der Waals surface area (Å²) < 4.78 is 6.38. The van der Waals surface area contributed by atoms with Crippen LogP contribution < -0.4 is 16.4 Å². The van der Waals surface area contributed by atoms with Crippen molar-refractivity contribution < 1.29 is 9.21 Å². The molecule has 0 aliphatic rings. The van der Waals surface area contributed by atoms with E-state index in [1.807, 2.05) is 0 Å². The highest BCUT2D eigenvalue weighted by Crippen LogP contribution is 2.20. The number of nitrogens with zero attached hydrogens (tertiary/aromatic N) is 2. The van der Waals surface area contributed by atoms with E-state index in [2.05, 4.69) is 15.4 Å². The first-order valence-electron chi connectivity index (χ1n) is 8.62. The summed E-state index contributed by atoms with van der Waals surface area (Å²) in [6.07, 6.45) is 3.00. The number of aromatic nitrogens is 3. The van der Waals surface area contributed by atoms with Crippen molar-refractivity contribution in [3.05, 3.63) is 81.8 Å². The number of anilines is 1. The Hall–Kier alpha value is -3.94. The summed E-state index contributed by atoms with van der Waals surface area (Å²) >= 11 is 0. The maximum atomic E-state index is 12.4. The largest absolute Gasteiger partial charge is 0.444 e. The van der Waals surface area contributed by atoms with Gasteiger partial charge in [0.2, 0.25) is 5.91 Å². The molecule has 0 spiro atoms. The van der Waals surface area contributed by atoms with Crippen LogP contribution in [0, 0.1) is 0 Å². The Labute approximate surface area is 158 Å². The van der Waals surface area contributed by atoms with Gasteiger partial charge in [-0.15, -0.1) is 0 Å². The van der Waals surface area contributed by atoms with Crippen molar-refractivity contribution in [3.8, 4) is 11.3 Å². The van der Waals surface area contributed by atoms with Crippen LogP contribution in [0.2, 0.25) is 0 Å². The van der Waals surface area contributed by atoms with Gasteiger partial charge in [0.05, 0.1) is 23.5 Å². The van der Waals surface area contributed by atoms with Crippen LogP contribution in [-0.2, 0) is 11.3 Å². The third-order valence-electron chi connectivity index (χ3n) is 4.33. The highest BCUT2D eigenvalue weighted by Gasteiger charge is 2.09. The maximum absolute atomic E-state index is 12.4. The average molecular weight is 376 g/mol. The van der Waals surface area contributed by atoms with E-state index in [9.17, 15) is 14.4 Å². The molecule has 8 heteroatoms. The quantitative estimate of drug-likeness (QED) is 0.556. The number of nitrogens with one attached hydrogen (secondary N) is 2. The van der Waals surface area contributed by atoms with Crippen molar-refractivity contribution in [1.82, 2.24) is 14.8 Å². The van der Waals surface area contributed by atoms with Gasteiger partial charge in [-0.25, -0.2) is 9.67 Å². The fourth-order valence-corrected chi connectivity index (χ4v) is 2.92. The number of amides is 1. The van der Waals surface area contributed by atoms with Crippen molar-refractivity contribution in [2.45, 2.75) is 13.0 Å². The van der Waals surface area contributed by atoms with Gasteiger partial charge in [0.15, 0.2) is 12.2 Å². The summed E-state index contributed by atoms with van der Waals surface area (Å²) in [4.78, 5) is 40.6. The lowest BCUT2D eigenvalue weighted by atomic mass is 10.1. The molecule has 4 rings (SSSR count). The molecule has 0 bridgehead atoms. The third-order valence-corrected chi connectivity index (χ3v) is 4.33. The van der Waals surface area contributed by atoms with Crippen molar-refractivity contribution >= 4 is 22.4 Å². The monoisotopic (exact) mass is 376 g/mol. The maximum Gasteiger partial charge on any atom is 0.273 e. The van der Waals surface area contributed by atoms with Gasteiger partial charge in [-0.2, -0.15) is 0 Å². The summed E-state index contributed by atoms with van der Waals surface area (Å²) in [5.74, 6) is 0.367. The van der Waals surface area contributed by atoms with Gasteiger partial charge in [-0.05, 0) is 36.4 Å². The molecule has 0 aliphatic carbocycles. The molecule has 0 saturated carbocycles. The molecule has 2 N–H and O–H groups in total. The summed E-state index contributed by atoms with van der Waals surface area (Å²) in [7, 11) is 0. The zero-order valence-electron chi connectivity index (χ0n) is 14.7. The molecule has 2 heterocycles. The van der Waals surface area contributed by atoms with Crippen LogP contribution in [0.3, 0.4) is 0 Å². The lowest BCUT2D eigenvalue weighted by Crippen LogP contribution is -2.31. The lowest BCUT2D eigenvalue weighted by Gasteiger charge is -2.08. The van der Waals surface area contributed by atoms with E-state index in [0.717, 1.165) is 10.2 Å². The Balaban J connectivity index is 1.44. The lowest BCUT2D eigenvalue weighted by molar-refractivity contribution is -0.116. The average Bonchev–Trinajstić information content (AvgIpc) is 3.25. The summed E-state index contributed by atoms with van der Waals surface area (Å²) in [6, 6.07) is 13.7. The van der Waals surface area contributed by atoms with E-state index in [-0.39, 0.29) is 30.0 Å².